The fourth-order valence-electron chi connectivity index (χ4n) is 1.47. The van der Waals surface area contributed by atoms with Crippen LogP contribution in [0.2, 0.25) is 0 Å². The van der Waals surface area contributed by atoms with Crippen molar-refractivity contribution in [1.29, 1.82) is 0 Å². The molecule has 0 aromatic rings. The maximum atomic E-state index is 2.24. The van der Waals surface area contributed by atoms with Crippen molar-refractivity contribution < 1.29 is 21.1 Å². The third-order valence-corrected chi connectivity index (χ3v) is 2.16. The molecule has 2 fully saturated rings. The Bertz CT molecular complexity index is 38.1. The van der Waals surface area contributed by atoms with Crippen molar-refractivity contribution in [1.82, 2.24) is 0 Å². The van der Waals surface area contributed by atoms with E-state index in [2.05, 4.69) is 12.8 Å². The summed E-state index contributed by atoms with van der Waals surface area (Å²) < 4.78 is 0. The summed E-state index contributed by atoms with van der Waals surface area (Å²) in [4.78, 5) is 0. The monoisotopic (exact) mass is 324 g/mol. The molecule has 0 N–H and O–H groups in total. The van der Waals surface area contributed by atoms with Gasteiger partial charge in [0.15, 0.2) is 0 Å². The minimum absolute atomic E-state index is 0. The molecule has 0 saturated heterocycles. The first kappa shape index (κ1) is 11.7. The third kappa shape index (κ3) is 7.06. The molecule has 0 amide bonds. The van der Waals surface area contributed by atoms with Crippen LogP contribution in [0.1, 0.15) is 51.4 Å². The van der Waals surface area contributed by atoms with Crippen molar-refractivity contribution >= 4 is 0 Å². The van der Waals surface area contributed by atoms with Gasteiger partial charge in [0.05, 0.1) is 0 Å². The Morgan fingerprint density at radius 2 is 0.909 bits per heavy atom. The van der Waals surface area contributed by atoms with Crippen LogP contribution in [0.5, 0.6) is 0 Å². The second kappa shape index (κ2) is 8.78. The molecule has 0 heterocycles. The molecule has 2 aliphatic rings. The quantitative estimate of drug-likeness (QED) is 0.643. The van der Waals surface area contributed by atoms with Crippen LogP contribution in [0.25, 0.3) is 0 Å². The molecule has 0 bridgehead atoms. The zero-order valence-electron chi connectivity index (χ0n) is 7.31. The first-order chi connectivity index (χ1) is 5.00. The fourth-order valence-corrected chi connectivity index (χ4v) is 1.47. The van der Waals surface area contributed by atoms with Crippen molar-refractivity contribution in [3.8, 4) is 0 Å². The SMILES string of the molecule is C1CCCC1.[CH]1[CH]CCC1.[WH2]. The van der Waals surface area contributed by atoms with Gasteiger partial charge < -0.3 is 0 Å². The van der Waals surface area contributed by atoms with E-state index in [1.165, 1.54) is 51.4 Å². The van der Waals surface area contributed by atoms with Crippen LogP contribution < -0.4 is 0 Å². The van der Waals surface area contributed by atoms with Gasteiger partial charge in [-0.05, 0) is 25.7 Å². The molecular formula is C10H20W. The number of hydrogen-bond acceptors (Lipinski definition) is 0. The second-order valence-corrected chi connectivity index (χ2v) is 3.17. The first-order valence-electron chi connectivity index (χ1n) is 4.65. The first-order valence-corrected chi connectivity index (χ1v) is 4.65. The summed E-state index contributed by atoms with van der Waals surface area (Å²) in [7, 11) is 0. The van der Waals surface area contributed by atoms with Gasteiger partial charge in [-0.2, -0.15) is 0 Å². The zero-order chi connectivity index (χ0) is 7.07. The van der Waals surface area contributed by atoms with Gasteiger partial charge in [-0.15, -0.1) is 0 Å². The van der Waals surface area contributed by atoms with Crippen LogP contribution in [0.4, 0.5) is 0 Å². The normalized spacial score (nSPS) is 21.8. The molecule has 0 nitrogen and oxygen atoms in total. The summed E-state index contributed by atoms with van der Waals surface area (Å²) in [6.07, 6.45) is 16.0. The summed E-state index contributed by atoms with van der Waals surface area (Å²) in [6.45, 7) is 0. The van der Waals surface area contributed by atoms with Crippen LogP contribution >= 0.6 is 0 Å². The topological polar surface area (TPSA) is 0 Å². The van der Waals surface area contributed by atoms with Crippen LogP contribution in [0.3, 0.4) is 0 Å². The van der Waals surface area contributed by atoms with Crippen LogP contribution in [-0.4, -0.2) is 0 Å². The summed E-state index contributed by atoms with van der Waals surface area (Å²) >= 11 is 0. The number of rotatable bonds is 0. The van der Waals surface area contributed by atoms with Gasteiger partial charge in [0.2, 0.25) is 0 Å². The van der Waals surface area contributed by atoms with Crippen molar-refractivity contribution in [2.24, 2.45) is 0 Å². The molecule has 2 saturated carbocycles. The molecule has 2 aliphatic carbocycles. The van der Waals surface area contributed by atoms with E-state index in [1.54, 1.807) is 0 Å². The Morgan fingerprint density at radius 1 is 0.545 bits per heavy atom. The van der Waals surface area contributed by atoms with Gasteiger partial charge in [0.1, 0.15) is 0 Å². The van der Waals surface area contributed by atoms with Crippen molar-refractivity contribution in [2.45, 2.75) is 51.4 Å². The van der Waals surface area contributed by atoms with Crippen LogP contribution in [0, 0.1) is 12.8 Å². The molecule has 66 valence electrons. The summed E-state index contributed by atoms with van der Waals surface area (Å²) in [5, 5.41) is 0. The van der Waals surface area contributed by atoms with E-state index >= 15 is 0 Å². The van der Waals surface area contributed by atoms with Gasteiger partial charge in [-0.1, -0.05) is 38.5 Å². The molecule has 0 aliphatic heterocycles. The molecule has 11 heavy (non-hydrogen) atoms. The molecule has 0 unspecified atom stereocenters. The van der Waals surface area contributed by atoms with Gasteiger partial charge in [0.25, 0.3) is 0 Å². The van der Waals surface area contributed by atoms with Crippen LogP contribution in [0.15, 0.2) is 0 Å². The Balaban J connectivity index is 0.000000167. The van der Waals surface area contributed by atoms with E-state index in [-0.39, 0.29) is 21.1 Å². The average molecular weight is 324 g/mol. The van der Waals surface area contributed by atoms with E-state index in [1.807, 2.05) is 0 Å². The van der Waals surface area contributed by atoms with Crippen LogP contribution in [-0.2, 0) is 21.1 Å². The zero-order valence-corrected chi connectivity index (χ0v) is 10.9. The molecule has 1 heteroatoms. The second-order valence-electron chi connectivity index (χ2n) is 3.17. The van der Waals surface area contributed by atoms with E-state index < -0.39 is 0 Å². The van der Waals surface area contributed by atoms with E-state index in [0.29, 0.717) is 0 Å². The predicted octanol–water partition coefficient (Wildman–Crippen LogP) is 2.99. The summed E-state index contributed by atoms with van der Waals surface area (Å²) in [6, 6.07) is 0. The van der Waals surface area contributed by atoms with Crippen molar-refractivity contribution in [3.63, 3.8) is 0 Å². The third-order valence-electron chi connectivity index (χ3n) is 2.16. The maximum absolute atomic E-state index is 2.24. The fraction of sp³-hybridized carbons (Fsp3) is 0.800. The van der Waals surface area contributed by atoms with Gasteiger partial charge in [-0.25, -0.2) is 0 Å². The Morgan fingerprint density at radius 3 is 1.09 bits per heavy atom. The Kier molecular flexibility index (Phi) is 9.33. The molecule has 0 aromatic carbocycles. The number of hydrogen-bond donors (Lipinski definition) is 0. The average Bonchev–Trinajstić information content (AvgIpc) is 2.67. The van der Waals surface area contributed by atoms with Gasteiger partial charge in [-0.3, -0.25) is 0 Å². The molecule has 2 radical (unpaired) electrons. The van der Waals surface area contributed by atoms with E-state index in [9.17, 15) is 0 Å². The molecular weight excluding hydrogens is 304 g/mol. The standard InChI is InChI=1S/C5H10.C5H8.W.2H/c2*1-2-4-5-3-1;;;/h1-5H2;1-2H,3-5H2;;;. The molecule has 0 atom stereocenters. The van der Waals surface area contributed by atoms with E-state index in [4.69, 9.17) is 0 Å². The summed E-state index contributed by atoms with van der Waals surface area (Å²) in [5.41, 5.74) is 0. The molecule has 2 rings (SSSR count). The van der Waals surface area contributed by atoms with Gasteiger partial charge >= 0.3 is 21.1 Å². The Hall–Kier alpha value is 0.688. The predicted molar refractivity (Wildman–Crippen MR) is 48.3 cm³/mol. The van der Waals surface area contributed by atoms with E-state index in [0.717, 1.165) is 0 Å². The molecule has 0 aromatic heterocycles. The molecule has 0 spiro atoms. The summed E-state index contributed by atoms with van der Waals surface area (Å²) in [5.74, 6) is 0. The minimum atomic E-state index is 0. The van der Waals surface area contributed by atoms with Crippen molar-refractivity contribution in [2.75, 3.05) is 0 Å². The van der Waals surface area contributed by atoms with Gasteiger partial charge in [0, 0.05) is 0 Å². The van der Waals surface area contributed by atoms with Crippen molar-refractivity contribution in [3.05, 3.63) is 12.8 Å². The Labute approximate surface area is 85.4 Å².